The van der Waals surface area contributed by atoms with E-state index in [1.165, 1.54) is 116 Å². The predicted molar refractivity (Wildman–Crippen MR) is 484 cm³/mol. The van der Waals surface area contributed by atoms with Gasteiger partial charge in [0.1, 0.15) is 17.5 Å². The monoisotopic (exact) mass is 1980 g/mol. The van der Waals surface area contributed by atoms with Gasteiger partial charge in [-0.05, 0) is 147 Å². The van der Waals surface area contributed by atoms with E-state index in [0.29, 0.717) is 67.4 Å². The van der Waals surface area contributed by atoms with Gasteiger partial charge in [0.05, 0.1) is 138 Å². The molecule has 44 heteroatoms. The lowest BCUT2D eigenvalue weighted by molar-refractivity contribution is -0.287. The second-order valence-electron chi connectivity index (χ2n) is 29.4. The summed E-state index contributed by atoms with van der Waals surface area (Å²) in [7, 11) is 0. The molecule has 0 aliphatic carbocycles. The molecular weight excluding hydrogens is 1930 g/mol. The third-order valence-corrected chi connectivity index (χ3v) is 21.6. The van der Waals surface area contributed by atoms with Gasteiger partial charge in [-0.2, -0.15) is 0 Å². The first kappa shape index (κ1) is 94.9. The molecule has 30 nitrogen and oxygen atoms in total. The molecule has 0 spiro atoms. The number of alkyl halides is 6. The number of rotatable bonds is 15. The number of fused-ring (bicyclic) bond motifs is 5. The van der Waals surface area contributed by atoms with Gasteiger partial charge in [0.2, 0.25) is 13.6 Å². The molecule has 10 aromatic carbocycles. The summed E-state index contributed by atoms with van der Waals surface area (Å²) in [5, 5.41) is 13.5. The molecule has 5 aliphatic heterocycles. The van der Waals surface area contributed by atoms with E-state index in [1.54, 1.807) is 73.9 Å². The second-order valence-corrected chi connectivity index (χ2v) is 31.5. The topological polar surface area (TPSA) is 367 Å². The number of aromatic nitrogens is 10. The molecule has 5 aromatic heterocycles. The van der Waals surface area contributed by atoms with E-state index in [2.05, 4.69) is 105 Å². The van der Waals surface area contributed by atoms with E-state index < -0.39 is 54.1 Å². The summed E-state index contributed by atoms with van der Waals surface area (Å²) in [5.41, 5.74) is 8.52. The Balaban J connectivity index is 0.000000125. The summed E-state index contributed by atoms with van der Waals surface area (Å²) < 4.78 is 168. The van der Waals surface area contributed by atoms with Crippen LogP contribution in [-0.4, -0.2) is 112 Å². The minimum Gasteiger partial charge on any atom is -0.454 e. The van der Waals surface area contributed by atoms with Gasteiger partial charge in [-0.25, -0.2) is 38.1 Å². The van der Waals surface area contributed by atoms with Crippen molar-refractivity contribution in [1.82, 2.24) is 49.8 Å². The molecular formula is C94H59Cl5F9N15O15. The molecule has 10 heterocycles. The van der Waals surface area contributed by atoms with Crippen molar-refractivity contribution >= 4 is 117 Å². The molecule has 0 bridgehead atoms. The summed E-state index contributed by atoms with van der Waals surface area (Å²) >= 11 is 30.3. The molecule has 5 N–H and O–H groups in total. The van der Waals surface area contributed by atoms with E-state index in [0.717, 1.165) is 45.7 Å². The van der Waals surface area contributed by atoms with E-state index >= 15 is 0 Å². The van der Waals surface area contributed by atoms with Gasteiger partial charge >= 0.3 is 18.9 Å². The summed E-state index contributed by atoms with van der Waals surface area (Å²) in [6.45, 7) is 7.70. The molecule has 698 valence electrons. The van der Waals surface area contributed by atoms with Crippen molar-refractivity contribution in [2.24, 2.45) is 0 Å². The fraction of sp³-hybridized carbons (Fsp3) is 0.0957. The van der Waals surface area contributed by atoms with Crippen LogP contribution in [0.1, 0.15) is 74.0 Å². The SMILES string of the molecule is Cc1cc2c(cc1-c1cnc(NC(=O)c3ccccc3Cl)cn1)OCO2.Cc1cc2c(cc1-c1cnc(NC(=O)c3ccccc3F)cn1)OCO2.Cc1cccc(C(=O)Nc2cnc(-c3cc4c(cc3Cl)OC(F)(F)O4)cn2)c1F.Cc1ccccc1C(=O)Nc1cnc(-c2cc3c(cc2Cl)OC(F)(F)O3)cn1.O=C(Nc1cnc(-c2cc3c(cc2Cl)OC(F)(F)O3)cn1)c1cc(F)ccc1Cl. The average molecular weight is 1990 g/mol. The number of ether oxygens (including phenoxy) is 10. The van der Waals surface area contributed by atoms with E-state index in [4.69, 9.17) is 77.0 Å². The van der Waals surface area contributed by atoms with Gasteiger partial charge in [0.15, 0.2) is 86.6 Å². The Bertz CT molecular complexity index is 7000. The molecule has 5 amide bonds. The molecule has 0 saturated carbocycles. The molecule has 20 rings (SSSR count). The highest BCUT2D eigenvalue weighted by atomic mass is 35.5. The van der Waals surface area contributed by atoms with Crippen molar-refractivity contribution in [3.8, 4) is 114 Å². The van der Waals surface area contributed by atoms with Gasteiger partial charge in [-0.3, -0.25) is 48.9 Å². The Morgan fingerprint density at radius 1 is 0.275 bits per heavy atom. The van der Waals surface area contributed by atoms with Crippen molar-refractivity contribution in [2.75, 3.05) is 40.2 Å². The largest absolute Gasteiger partial charge is 0.586 e. The lowest BCUT2D eigenvalue weighted by atomic mass is 10.1. The van der Waals surface area contributed by atoms with Crippen molar-refractivity contribution in [3.05, 3.63) is 324 Å². The van der Waals surface area contributed by atoms with Gasteiger partial charge in [-0.15, -0.1) is 26.3 Å². The summed E-state index contributed by atoms with van der Waals surface area (Å²) in [6.07, 6.45) is 2.52. The molecule has 0 unspecified atom stereocenters. The van der Waals surface area contributed by atoms with Crippen molar-refractivity contribution < 1.29 is 111 Å². The Morgan fingerprint density at radius 2 is 0.572 bits per heavy atom. The second kappa shape index (κ2) is 40.1. The Morgan fingerprint density at radius 3 is 0.949 bits per heavy atom. The van der Waals surface area contributed by atoms with Gasteiger partial charge in [0, 0.05) is 51.6 Å². The number of nitrogens with zero attached hydrogens (tertiary/aromatic N) is 10. The molecule has 0 saturated heterocycles. The smallest absolute Gasteiger partial charge is 0.454 e. The van der Waals surface area contributed by atoms with Crippen LogP contribution in [0.25, 0.3) is 56.3 Å². The average Bonchev–Trinajstić information content (AvgIpc) is 1.64. The minimum absolute atomic E-state index is 0.0509. The highest BCUT2D eigenvalue weighted by Gasteiger charge is 2.46. The Hall–Kier alpha value is -16.2. The van der Waals surface area contributed by atoms with Crippen LogP contribution < -0.4 is 74.0 Å². The minimum atomic E-state index is -3.78. The maximum Gasteiger partial charge on any atom is 0.586 e. The highest BCUT2D eigenvalue weighted by Crippen LogP contribution is 2.50. The van der Waals surface area contributed by atoms with E-state index in [1.807, 2.05) is 57.2 Å². The summed E-state index contributed by atoms with van der Waals surface area (Å²) in [6, 6.07) is 42.4. The third kappa shape index (κ3) is 22.2. The quantitative estimate of drug-likeness (QED) is 0.0595. The normalized spacial score (nSPS) is 13.3. The molecule has 0 radical (unpaired) electrons. The number of hydrogen-bond donors (Lipinski definition) is 5. The van der Waals surface area contributed by atoms with Crippen LogP contribution in [0.4, 0.5) is 68.6 Å². The third-order valence-electron chi connectivity index (χ3n) is 20.0. The maximum atomic E-state index is 14.1. The fourth-order valence-electron chi connectivity index (χ4n) is 13.3. The highest BCUT2D eigenvalue weighted by molar-refractivity contribution is 6.36. The lowest BCUT2D eigenvalue weighted by Gasteiger charge is -2.09. The lowest BCUT2D eigenvalue weighted by Crippen LogP contribution is -2.25. The van der Waals surface area contributed by atoms with E-state index in [-0.39, 0.29) is 142 Å². The number of amides is 5. The number of halogens is 14. The summed E-state index contributed by atoms with van der Waals surface area (Å²) in [4.78, 5) is 103. The number of aryl methyl sites for hydroxylation is 4. The summed E-state index contributed by atoms with van der Waals surface area (Å²) in [5.74, 6) is -1.82. The van der Waals surface area contributed by atoms with Crippen molar-refractivity contribution in [2.45, 2.75) is 46.6 Å². The standard InChI is InChI=1S/C19H11ClF3N3O3.C19H12ClF2N3O3.C19H14ClN3O3.C19H14FN3O3.C18H8Cl2F3N3O3/c1-9-3-2-4-10(17(9)21)18(27)26-16-8-24-13(7-25-16)11-5-14-15(6-12(11)20)29-19(22,23)28-14;1-10-4-2-3-5-11(10)18(26)25-17-9-23-14(8-24-17)12-6-15-16(7-13(12)20)28-19(21,22)27-15;2*1-11-6-16-17(26-10-25-16)7-13(11)15-8-22-18(9-21-15)23-19(24)12-4-2-3-5-14(12)20;19-11-2-1-8(21)3-10(11)17(27)26-16-7-24-13(6-25-16)9-4-14-15(5-12(9)20)29-18(22,23)28-14/h2-8H,1H3,(H,25,26,27);2-9H,1H3,(H,24,25,26);2*2-9H,10H2,1H3,(H,22,23,24);1-7H,(H,25,26,27). The Labute approximate surface area is 797 Å². The van der Waals surface area contributed by atoms with Crippen molar-refractivity contribution in [3.63, 3.8) is 0 Å². The number of hydrogen-bond acceptors (Lipinski definition) is 25. The van der Waals surface area contributed by atoms with Gasteiger partial charge < -0.3 is 74.0 Å². The van der Waals surface area contributed by atoms with Crippen LogP contribution in [-0.2, 0) is 0 Å². The maximum absolute atomic E-state index is 14.1. The first-order valence-corrected chi connectivity index (χ1v) is 41.9. The van der Waals surface area contributed by atoms with Crippen LogP contribution in [0.2, 0.25) is 25.1 Å². The zero-order valence-electron chi connectivity index (χ0n) is 70.7. The Kier molecular flexibility index (Phi) is 27.6. The van der Waals surface area contributed by atoms with E-state index in [9.17, 15) is 63.5 Å². The zero-order chi connectivity index (χ0) is 97.6. The molecule has 0 atom stereocenters. The number of anilines is 5. The number of carbonyl (C=O) groups is 5. The van der Waals surface area contributed by atoms with Crippen LogP contribution in [0, 0.1) is 45.1 Å². The molecule has 15 aromatic rings. The zero-order valence-corrected chi connectivity index (χ0v) is 74.5. The van der Waals surface area contributed by atoms with Gasteiger partial charge in [0.25, 0.3) is 29.5 Å². The first-order chi connectivity index (χ1) is 66.0. The number of carbonyl (C=O) groups excluding carboxylic acids is 5. The first-order valence-electron chi connectivity index (χ1n) is 40.0. The van der Waals surface area contributed by atoms with Crippen LogP contribution in [0.15, 0.2) is 232 Å². The number of nitrogens with one attached hydrogen (secondary N) is 5. The molecule has 5 aliphatic rings. The number of benzene rings is 10. The molecule has 0 fully saturated rings. The van der Waals surface area contributed by atoms with Crippen LogP contribution >= 0.6 is 58.0 Å². The fourth-order valence-corrected chi connectivity index (χ4v) is 14.5. The predicted octanol–water partition coefficient (Wildman–Crippen LogP) is 22.3. The van der Waals surface area contributed by atoms with Crippen LogP contribution in [0.5, 0.6) is 57.5 Å². The molecule has 138 heavy (non-hydrogen) atoms. The van der Waals surface area contributed by atoms with Crippen molar-refractivity contribution in [1.29, 1.82) is 0 Å². The van der Waals surface area contributed by atoms with Gasteiger partial charge in [-0.1, -0.05) is 113 Å². The van der Waals surface area contributed by atoms with Crippen LogP contribution in [0.3, 0.4) is 0 Å².